The van der Waals surface area contributed by atoms with Crippen molar-refractivity contribution in [3.8, 4) is 0 Å². The Kier molecular flexibility index (Phi) is 74.4. The van der Waals surface area contributed by atoms with E-state index in [2.05, 4.69) is 13.1 Å². The summed E-state index contributed by atoms with van der Waals surface area (Å²) < 4.78 is 0. The molecule has 0 saturated carbocycles. The smallest absolute Gasteiger partial charge is 0 e. The molecule has 2 heteroatoms. The first-order valence-corrected chi connectivity index (χ1v) is 2.94. The van der Waals surface area contributed by atoms with E-state index in [9.17, 15) is 0 Å². The zero-order valence-corrected chi connectivity index (χ0v) is 8.79. The Hall–Kier alpha value is 0.645. The van der Waals surface area contributed by atoms with Crippen LogP contribution in [0.15, 0.2) is 12.7 Å². The fraction of sp³-hybridized carbons (Fsp3) is 0.167. The molecule has 0 spiro atoms. The molecule has 0 heterocycles. The Morgan fingerprint density at radius 1 is 1.50 bits per heavy atom. The minimum absolute atomic E-state index is 0. The Labute approximate surface area is 70.8 Å². The molecular formula is C6H13PtSi-3. The molecule has 0 aliphatic rings. The van der Waals surface area contributed by atoms with Crippen LogP contribution in [0.25, 0.3) is 0 Å². The first-order valence-electron chi connectivity index (χ1n) is 1.52. The average Bonchev–Trinajstić information content (AvgIpc) is 1.41. The summed E-state index contributed by atoms with van der Waals surface area (Å²) in [5.74, 6) is 0. The quantitative estimate of drug-likeness (QED) is 0.416. The number of allylic oxidation sites excluding steroid dienone is 1. The van der Waals surface area contributed by atoms with E-state index < -0.39 is 0 Å². The van der Waals surface area contributed by atoms with Gasteiger partial charge in [-0.1, -0.05) is 12.1 Å². The van der Waals surface area contributed by atoms with Gasteiger partial charge in [0, 0.05) is 21.1 Å². The van der Waals surface area contributed by atoms with E-state index in [0.29, 0.717) is 0 Å². The van der Waals surface area contributed by atoms with Crippen molar-refractivity contribution in [1.29, 1.82) is 0 Å². The van der Waals surface area contributed by atoms with Crippen molar-refractivity contribution in [1.82, 2.24) is 0 Å². The molecule has 2 radical (unpaired) electrons. The predicted molar refractivity (Wildman–Crippen MR) is 38.9 cm³/mol. The van der Waals surface area contributed by atoms with Crippen molar-refractivity contribution in [2.24, 2.45) is 0 Å². The van der Waals surface area contributed by atoms with Gasteiger partial charge in [0.25, 0.3) is 0 Å². The van der Waals surface area contributed by atoms with Crippen molar-refractivity contribution in [2.45, 2.75) is 6.04 Å². The Morgan fingerprint density at radius 2 is 1.88 bits per heavy atom. The van der Waals surface area contributed by atoms with Gasteiger partial charge in [0.1, 0.15) is 0 Å². The van der Waals surface area contributed by atoms with Gasteiger partial charge in [-0.15, -0.1) is 6.58 Å². The zero-order valence-electron chi connectivity index (χ0n) is 5.51. The molecule has 0 aliphatic heterocycles. The molecule has 0 atom stereocenters. The van der Waals surface area contributed by atoms with Crippen LogP contribution < -0.4 is 0 Å². The van der Waals surface area contributed by atoms with Gasteiger partial charge in [-0.25, -0.2) is 0 Å². The SMILES string of the molecule is C=CC[Si][CH2-].[CH3-].[CH3-].[Pt]. The maximum absolute atomic E-state index is 3.63. The van der Waals surface area contributed by atoms with Gasteiger partial charge < -0.3 is 21.4 Å². The normalized spacial score (nSPS) is 4.62. The maximum Gasteiger partial charge on any atom is 0 e. The van der Waals surface area contributed by atoms with Crippen LogP contribution in [0.1, 0.15) is 0 Å². The summed E-state index contributed by atoms with van der Waals surface area (Å²) >= 11 is 0. The summed E-state index contributed by atoms with van der Waals surface area (Å²) in [6, 6.07) is 1.07. The van der Waals surface area contributed by atoms with Crippen LogP contribution in [0.4, 0.5) is 0 Å². The second-order valence-electron chi connectivity index (χ2n) is 0.743. The van der Waals surface area contributed by atoms with Gasteiger partial charge in [-0.3, -0.25) is 0 Å². The van der Waals surface area contributed by atoms with Crippen molar-refractivity contribution in [2.75, 3.05) is 0 Å². The van der Waals surface area contributed by atoms with Crippen LogP contribution in [0.5, 0.6) is 0 Å². The molecule has 0 bridgehead atoms. The fourth-order valence-electron chi connectivity index (χ4n) is 0.102. The third kappa shape index (κ3) is 30.3. The van der Waals surface area contributed by atoms with Gasteiger partial charge in [-0.05, 0) is 0 Å². The standard InChI is InChI=1S/C4H7Si.2CH3.Pt/c1-3-4-5-2;;;/h3H,1-2,4H2;2*1H3;/q3*-1;. The minimum Gasteiger partial charge on any atom is -0.358 e. The van der Waals surface area contributed by atoms with Crippen LogP contribution in [0.2, 0.25) is 6.04 Å². The summed E-state index contributed by atoms with van der Waals surface area (Å²) in [4.78, 5) is 0. The molecule has 0 fully saturated rings. The van der Waals surface area contributed by atoms with E-state index in [1.54, 1.807) is 0 Å². The van der Waals surface area contributed by atoms with Crippen LogP contribution in [0.3, 0.4) is 0 Å². The number of hydrogen-bond acceptors (Lipinski definition) is 0. The monoisotopic (exact) mass is 308 g/mol. The molecule has 0 rings (SSSR count). The van der Waals surface area contributed by atoms with Crippen molar-refractivity contribution in [3.05, 3.63) is 34.1 Å². The van der Waals surface area contributed by atoms with Gasteiger partial charge >= 0.3 is 0 Å². The third-order valence-corrected chi connectivity index (χ3v) is 0.866. The topological polar surface area (TPSA) is 0 Å². The summed E-state index contributed by atoms with van der Waals surface area (Å²) in [6.07, 6.45) is 1.88. The van der Waals surface area contributed by atoms with Crippen LogP contribution in [-0.4, -0.2) is 9.52 Å². The molecule has 0 aromatic heterocycles. The van der Waals surface area contributed by atoms with E-state index in [4.69, 9.17) is 0 Å². The molecule has 0 aromatic rings. The molecule has 0 aromatic carbocycles. The zero-order chi connectivity index (χ0) is 4.12. The number of rotatable bonds is 2. The summed E-state index contributed by atoms with van der Waals surface area (Å²) in [5, 5.41) is 0. The van der Waals surface area contributed by atoms with E-state index >= 15 is 0 Å². The van der Waals surface area contributed by atoms with E-state index in [1.807, 2.05) is 6.08 Å². The average molecular weight is 308 g/mol. The van der Waals surface area contributed by atoms with Crippen molar-refractivity contribution >= 4 is 9.52 Å². The van der Waals surface area contributed by atoms with Gasteiger partial charge in [0.15, 0.2) is 0 Å². The van der Waals surface area contributed by atoms with Crippen molar-refractivity contribution < 1.29 is 21.1 Å². The van der Waals surface area contributed by atoms with E-state index in [1.165, 1.54) is 0 Å². The van der Waals surface area contributed by atoms with Crippen LogP contribution >= 0.6 is 0 Å². The minimum atomic E-state index is 0. The van der Waals surface area contributed by atoms with E-state index in [0.717, 1.165) is 15.6 Å². The largest absolute Gasteiger partial charge is 0.358 e. The van der Waals surface area contributed by atoms with E-state index in [-0.39, 0.29) is 35.9 Å². The maximum atomic E-state index is 3.63. The van der Waals surface area contributed by atoms with Crippen LogP contribution in [0, 0.1) is 21.4 Å². The molecule has 0 N–H and O–H groups in total. The van der Waals surface area contributed by atoms with Gasteiger partial charge in [-0.2, -0.15) is 9.52 Å². The summed E-state index contributed by atoms with van der Waals surface area (Å²) in [7, 11) is 0.790. The molecule has 0 saturated heterocycles. The molecule has 0 nitrogen and oxygen atoms in total. The fourth-order valence-corrected chi connectivity index (χ4v) is 0.306. The molecule has 54 valence electrons. The first-order chi connectivity index (χ1) is 2.41. The van der Waals surface area contributed by atoms with Gasteiger partial charge in [0.05, 0.1) is 0 Å². The Balaban J connectivity index is -0.0000000267. The van der Waals surface area contributed by atoms with Crippen molar-refractivity contribution in [3.63, 3.8) is 0 Å². The predicted octanol–water partition coefficient (Wildman–Crippen LogP) is 1.98. The molecule has 0 aliphatic carbocycles. The molecule has 0 unspecified atom stereocenters. The molecular weight excluding hydrogens is 295 g/mol. The Bertz CT molecular complexity index is 29.7. The summed E-state index contributed by atoms with van der Waals surface area (Å²) in [6.45, 7) is 7.15. The number of hydrogen-bond donors (Lipinski definition) is 0. The second kappa shape index (κ2) is 25.4. The molecule has 0 amide bonds. The van der Waals surface area contributed by atoms with Crippen LogP contribution in [-0.2, 0) is 21.1 Å². The van der Waals surface area contributed by atoms with Gasteiger partial charge in [0.2, 0.25) is 0 Å². The molecule has 8 heavy (non-hydrogen) atoms. The third-order valence-electron chi connectivity index (χ3n) is 0.289. The summed E-state index contributed by atoms with van der Waals surface area (Å²) in [5.41, 5.74) is 0. The second-order valence-corrected chi connectivity index (χ2v) is 1.65. The first kappa shape index (κ1) is 23.4. The Morgan fingerprint density at radius 3 is 1.88 bits per heavy atom.